The fourth-order valence-corrected chi connectivity index (χ4v) is 1.87. The van der Waals surface area contributed by atoms with Gasteiger partial charge in [-0.3, -0.25) is 9.35 Å². The molecule has 0 bridgehead atoms. The number of hydrogen-bond acceptors (Lipinski definition) is 4. The first-order chi connectivity index (χ1) is 9.63. The molecule has 2 atom stereocenters. The van der Waals surface area contributed by atoms with Gasteiger partial charge in [0.1, 0.15) is 6.04 Å². The third-order valence-electron chi connectivity index (χ3n) is 3.17. The van der Waals surface area contributed by atoms with Crippen LogP contribution in [0.5, 0.6) is 0 Å². The van der Waals surface area contributed by atoms with Gasteiger partial charge < -0.3 is 10.8 Å². The Morgan fingerprint density at radius 3 is 1.95 bits per heavy atom. The Labute approximate surface area is 125 Å². The van der Waals surface area contributed by atoms with E-state index in [4.69, 9.17) is 15.4 Å². The minimum atomic E-state index is -4.03. The molecular weight excluding hydrogens is 294 g/mol. The molecule has 0 aliphatic rings. The Morgan fingerprint density at radius 2 is 1.71 bits per heavy atom. The van der Waals surface area contributed by atoms with Gasteiger partial charge in [0, 0.05) is 0 Å². The fourth-order valence-electron chi connectivity index (χ4n) is 1.39. The van der Waals surface area contributed by atoms with Crippen LogP contribution in [0.25, 0.3) is 0 Å². The van der Waals surface area contributed by atoms with Crippen molar-refractivity contribution in [2.45, 2.75) is 44.6 Å². The lowest BCUT2D eigenvalue weighted by Crippen LogP contribution is -2.36. The Morgan fingerprint density at radius 1 is 1.24 bits per heavy atom. The molecule has 0 heterocycles. The zero-order valence-corrected chi connectivity index (χ0v) is 13.3. The van der Waals surface area contributed by atoms with Crippen LogP contribution in [0, 0.1) is 5.92 Å². The minimum Gasteiger partial charge on any atom is -0.480 e. The van der Waals surface area contributed by atoms with Crippen LogP contribution in [0.15, 0.2) is 29.2 Å². The molecule has 0 radical (unpaired) electrons. The summed E-state index contributed by atoms with van der Waals surface area (Å²) in [5.41, 5.74) is 6.31. The van der Waals surface area contributed by atoms with Gasteiger partial charge in [-0.15, -0.1) is 0 Å². The monoisotopic (exact) mass is 317 g/mol. The van der Waals surface area contributed by atoms with Crippen LogP contribution in [-0.4, -0.2) is 30.1 Å². The summed E-state index contributed by atoms with van der Waals surface area (Å²) >= 11 is 0. The molecule has 0 saturated carbocycles. The average Bonchev–Trinajstić information content (AvgIpc) is 2.45. The Bertz CT molecular complexity index is 539. The summed E-state index contributed by atoms with van der Waals surface area (Å²) in [7, 11) is -4.03. The highest BCUT2D eigenvalue weighted by molar-refractivity contribution is 7.85. The van der Waals surface area contributed by atoms with E-state index in [9.17, 15) is 13.2 Å². The van der Waals surface area contributed by atoms with E-state index in [1.807, 2.05) is 20.8 Å². The highest BCUT2D eigenvalue weighted by atomic mass is 32.2. The molecule has 120 valence electrons. The van der Waals surface area contributed by atoms with Gasteiger partial charge in [-0.1, -0.05) is 39.3 Å². The van der Waals surface area contributed by atoms with Crippen molar-refractivity contribution >= 4 is 16.1 Å². The Balaban J connectivity index is 0.000000400. The van der Waals surface area contributed by atoms with E-state index < -0.39 is 22.1 Å². The molecule has 6 nitrogen and oxygen atoms in total. The van der Waals surface area contributed by atoms with Gasteiger partial charge >= 0.3 is 5.97 Å². The minimum absolute atomic E-state index is 0.0558. The first-order valence-corrected chi connectivity index (χ1v) is 8.12. The molecule has 4 N–H and O–H groups in total. The van der Waals surface area contributed by atoms with Crippen molar-refractivity contribution in [2.24, 2.45) is 11.7 Å². The molecule has 21 heavy (non-hydrogen) atoms. The number of aryl methyl sites for hydroxylation is 1. The summed E-state index contributed by atoms with van der Waals surface area (Å²) in [6, 6.07) is 5.46. The summed E-state index contributed by atoms with van der Waals surface area (Å²) in [5.74, 6) is -0.841. The third kappa shape index (κ3) is 7.22. The van der Waals surface area contributed by atoms with Gasteiger partial charge in [0.2, 0.25) is 0 Å². The Hall–Kier alpha value is -1.44. The molecular formula is C14H23NO5S. The number of carbonyl (C=O) groups is 1. The molecule has 0 aliphatic carbocycles. The van der Waals surface area contributed by atoms with Gasteiger partial charge in [-0.25, -0.2) is 0 Å². The second kappa shape index (κ2) is 8.76. The van der Waals surface area contributed by atoms with Gasteiger partial charge in [0.25, 0.3) is 10.1 Å². The number of hydrogen-bond donors (Lipinski definition) is 3. The van der Waals surface area contributed by atoms with Crippen molar-refractivity contribution in [2.75, 3.05) is 0 Å². The summed E-state index contributed by atoms with van der Waals surface area (Å²) < 4.78 is 29.8. The van der Waals surface area contributed by atoms with E-state index >= 15 is 0 Å². The van der Waals surface area contributed by atoms with Crippen LogP contribution in [0.3, 0.4) is 0 Å². The molecule has 0 saturated heterocycles. The van der Waals surface area contributed by atoms with E-state index in [-0.39, 0.29) is 10.8 Å². The zero-order chi connectivity index (χ0) is 16.6. The molecule has 0 aliphatic heterocycles. The van der Waals surface area contributed by atoms with Crippen LogP contribution < -0.4 is 5.73 Å². The van der Waals surface area contributed by atoms with E-state index in [1.54, 1.807) is 12.1 Å². The molecule has 0 spiro atoms. The normalized spacial score (nSPS) is 13.8. The molecule has 0 amide bonds. The number of carboxylic acids is 1. The highest BCUT2D eigenvalue weighted by Gasteiger charge is 2.17. The lowest BCUT2D eigenvalue weighted by atomic mass is 10.0. The molecule has 0 aromatic heterocycles. The number of aliphatic carboxylic acids is 1. The van der Waals surface area contributed by atoms with Crippen molar-refractivity contribution in [1.82, 2.24) is 0 Å². The first-order valence-electron chi connectivity index (χ1n) is 6.68. The SMILES string of the molecule is CC[C@H](C)[C@H](N)C(=O)O.CCc1ccc(S(=O)(=O)O)cc1. The highest BCUT2D eigenvalue weighted by Crippen LogP contribution is 2.09. The summed E-state index contributed by atoms with van der Waals surface area (Å²) in [6.07, 6.45) is 1.67. The molecule has 0 fully saturated rings. The average molecular weight is 317 g/mol. The van der Waals surface area contributed by atoms with Crippen molar-refractivity contribution in [3.05, 3.63) is 29.8 Å². The van der Waals surface area contributed by atoms with Crippen molar-refractivity contribution < 1.29 is 22.9 Å². The topological polar surface area (TPSA) is 118 Å². The van der Waals surface area contributed by atoms with Gasteiger partial charge in [-0.05, 0) is 30.0 Å². The van der Waals surface area contributed by atoms with Crippen molar-refractivity contribution in [3.8, 4) is 0 Å². The predicted molar refractivity (Wildman–Crippen MR) is 80.7 cm³/mol. The fraction of sp³-hybridized carbons (Fsp3) is 0.500. The second-order valence-corrected chi connectivity index (χ2v) is 6.14. The quantitative estimate of drug-likeness (QED) is 0.714. The predicted octanol–water partition coefficient (Wildman–Crippen LogP) is 1.94. The van der Waals surface area contributed by atoms with Crippen LogP contribution in [0.2, 0.25) is 0 Å². The lowest BCUT2D eigenvalue weighted by molar-refractivity contribution is -0.139. The zero-order valence-electron chi connectivity index (χ0n) is 12.5. The third-order valence-corrected chi connectivity index (χ3v) is 4.04. The van der Waals surface area contributed by atoms with Crippen LogP contribution in [0.1, 0.15) is 32.8 Å². The van der Waals surface area contributed by atoms with E-state index in [0.29, 0.717) is 0 Å². The van der Waals surface area contributed by atoms with Crippen LogP contribution in [0.4, 0.5) is 0 Å². The number of nitrogens with two attached hydrogens (primary N) is 1. The molecule has 0 unspecified atom stereocenters. The maximum atomic E-state index is 10.6. The van der Waals surface area contributed by atoms with Gasteiger partial charge in [0.15, 0.2) is 0 Å². The number of carboxylic acid groups (broad SMARTS) is 1. The van der Waals surface area contributed by atoms with Crippen LogP contribution in [-0.2, 0) is 21.3 Å². The first kappa shape index (κ1) is 19.6. The van der Waals surface area contributed by atoms with Gasteiger partial charge in [0.05, 0.1) is 4.90 Å². The lowest BCUT2D eigenvalue weighted by Gasteiger charge is -2.11. The summed E-state index contributed by atoms with van der Waals surface area (Å²) in [5, 5.41) is 8.36. The summed E-state index contributed by atoms with van der Waals surface area (Å²) in [6.45, 7) is 5.73. The molecule has 1 rings (SSSR count). The van der Waals surface area contributed by atoms with E-state index in [2.05, 4.69) is 0 Å². The smallest absolute Gasteiger partial charge is 0.320 e. The number of rotatable bonds is 5. The molecule has 1 aromatic rings. The maximum Gasteiger partial charge on any atom is 0.320 e. The van der Waals surface area contributed by atoms with E-state index in [0.717, 1.165) is 18.4 Å². The number of benzene rings is 1. The maximum absolute atomic E-state index is 10.6. The van der Waals surface area contributed by atoms with Crippen molar-refractivity contribution in [3.63, 3.8) is 0 Å². The van der Waals surface area contributed by atoms with Crippen LogP contribution >= 0.6 is 0 Å². The standard InChI is InChI=1S/C8H10O3S.C6H13NO2/c1-2-7-3-5-8(6-4-7)12(9,10)11;1-3-4(2)5(7)6(8)9/h3-6H,2H2,1H3,(H,9,10,11);4-5H,3,7H2,1-2H3,(H,8,9)/t;4-,5-/m.0/s1. The van der Waals surface area contributed by atoms with E-state index in [1.165, 1.54) is 12.1 Å². The molecule has 1 aromatic carbocycles. The van der Waals surface area contributed by atoms with Crippen molar-refractivity contribution in [1.29, 1.82) is 0 Å². The summed E-state index contributed by atoms with van der Waals surface area (Å²) in [4.78, 5) is 10.1. The largest absolute Gasteiger partial charge is 0.480 e. The molecule has 7 heteroatoms. The second-order valence-electron chi connectivity index (χ2n) is 4.72. The Kier molecular flexibility index (Phi) is 8.16. The van der Waals surface area contributed by atoms with Gasteiger partial charge in [-0.2, -0.15) is 8.42 Å².